The molecule has 0 saturated heterocycles. The monoisotopic (exact) mass is 551 g/mol. The molecule has 208 valence electrons. The summed E-state index contributed by atoms with van der Waals surface area (Å²) in [7, 11) is 0. The fraction of sp³-hybridized carbons (Fsp3) is 0.189. The van der Waals surface area contributed by atoms with Crippen LogP contribution in [-0.4, -0.2) is 33.9 Å². The van der Waals surface area contributed by atoms with Crippen molar-refractivity contribution in [1.82, 2.24) is 9.47 Å². The third-order valence-corrected chi connectivity index (χ3v) is 8.44. The number of amides is 2. The van der Waals surface area contributed by atoms with E-state index in [1.165, 1.54) is 0 Å². The molecule has 0 radical (unpaired) electrons. The molecule has 2 heterocycles. The Morgan fingerprint density at radius 1 is 0.762 bits per heavy atom. The zero-order valence-corrected chi connectivity index (χ0v) is 23.6. The van der Waals surface area contributed by atoms with Crippen molar-refractivity contribution < 1.29 is 9.59 Å². The summed E-state index contributed by atoms with van der Waals surface area (Å²) in [5.74, 6) is -0.579. The quantitative estimate of drug-likeness (QED) is 0.218. The first kappa shape index (κ1) is 26.0. The van der Waals surface area contributed by atoms with Crippen molar-refractivity contribution in [2.45, 2.75) is 37.8 Å². The maximum Gasteiger partial charge on any atom is 0.247 e. The fourth-order valence-corrected chi connectivity index (χ4v) is 6.35. The number of carbonyl (C=O) groups is 2. The molecule has 0 spiro atoms. The van der Waals surface area contributed by atoms with Gasteiger partial charge in [0.25, 0.3) is 0 Å². The first-order valence-corrected chi connectivity index (χ1v) is 14.7. The van der Waals surface area contributed by atoms with Gasteiger partial charge in [0.05, 0.1) is 23.0 Å². The lowest BCUT2D eigenvalue weighted by Gasteiger charge is -2.40. The van der Waals surface area contributed by atoms with Gasteiger partial charge in [0.1, 0.15) is 12.6 Å². The second kappa shape index (κ2) is 10.8. The molecule has 2 amide bonds. The van der Waals surface area contributed by atoms with Crippen LogP contribution >= 0.6 is 0 Å². The molecule has 5 aromatic rings. The van der Waals surface area contributed by atoms with Crippen LogP contribution in [-0.2, 0) is 9.59 Å². The Hall–Kier alpha value is -4.90. The Kier molecular flexibility index (Phi) is 6.71. The van der Waals surface area contributed by atoms with E-state index in [4.69, 9.17) is 0 Å². The van der Waals surface area contributed by atoms with E-state index < -0.39 is 5.92 Å². The second-order valence-electron chi connectivity index (χ2n) is 11.3. The van der Waals surface area contributed by atoms with Crippen LogP contribution < -0.4 is 4.90 Å². The molecule has 1 saturated carbocycles. The summed E-state index contributed by atoms with van der Waals surface area (Å²) in [6, 6.07) is 40.1. The Morgan fingerprint density at radius 2 is 1.40 bits per heavy atom. The van der Waals surface area contributed by atoms with Crippen molar-refractivity contribution in [1.29, 1.82) is 0 Å². The van der Waals surface area contributed by atoms with Crippen LogP contribution in [0.1, 0.15) is 52.7 Å². The number of rotatable bonds is 7. The molecule has 4 aromatic carbocycles. The Labute approximate surface area is 246 Å². The number of hydrogen-bond acceptors (Lipinski definition) is 2. The molecular weight excluding hydrogens is 518 g/mol. The number of benzene rings is 4. The Balaban J connectivity index is 1.29. The van der Waals surface area contributed by atoms with E-state index in [0.29, 0.717) is 0 Å². The standard InChI is InChI=1S/C37H33N3O2/c1-26-12-10-17-29(24-26)36-33-20-11-23-38(33)31-18-8-9-19-32(31)40(36)34(41)25-39(30-21-22-30)37(42)35(27-13-4-2-5-14-27)28-15-6-3-7-16-28/h2-20,23-24,30,35-36H,21-22,25H2,1H3. The van der Waals surface area contributed by atoms with Gasteiger partial charge >= 0.3 is 0 Å². The second-order valence-corrected chi connectivity index (χ2v) is 11.3. The van der Waals surface area contributed by atoms with Gasteiger partial charge in [0, 0.05) is 12.2 Å². The highest BCUT2D eigenvalue weighted by Crippen LogP contribution is 2.43. The number of fused-ring (bicyclic) bond motifs is 3. The van der Waals surface area contributed by atoms with Gasteiger partial charge in [-0.2, -0.15) is 0 Å². The topological polar surface area (TPSA) is 45.6 Å². The van der Waals surface area contributed by atoms with Crippen LogP contribution in [0.15, 0.2) is 128 Å². The van der Waals surface area contributed by atoms with Gasteiger partial charge in [0.2, 0.25) is 11.8 Å². The number of anilines is 1. The maximum atomic E-state index is 14.6. The molecule has 1 fully saturated rings. The van der Waals surface area contributed by atoms with Gasteiger partial charge < -0.3 is 9.47 Å². The summed E-state index contributed by atoms with van der Waals surface area (Å²) in [5, 5.41) is 0. The lowest BCUT2D eigenvalue weighted by molar-refractivity contribution is -0.136. The Bertz CT molecular complexity index is 1700. The zero-order chi connectivity index (χ0) is 28.6. The van der Waals surface area contributed by atoms with E-state index in [1.54, 1.807) is 0 Å². The van der Waals surface area contributed by atoms with Crippen molar-refractivity contribution in [3.8, 4) is 5.69 Å². The van der Waals surface area contributed by atoms with Gasteiger partial charge in [-0.15, -0.1) is 0 Å². The summed E-state index contributed by atoms with van der Waals surface area (Å²) < 4.78 is 2.18. The number of aryl methyl sites for hydroxylation is 1. The lowest BCUT2D eigenvalue weighted by atomic mass is 9.90. The van der Waals surface area contributed by atoms with Crippen molar-refractivity contribution in [3.05, 3.63) is 155 Å². The molecule has 0 bridgehead atoms. The molecule has 0 N–H and O–H groups in total. The minimum atomic E-state index is -0.473. The van der Waals surface area contributed by atoms with Crippen molar-refractivity contribution in [2.75, 3.05) is 11.4 Å². The van der Waals surface area contributed by atoms with E-state index in [9.17, 15) is 9.59 Å². The minimum absolute atomic E-state index is 0.0241. The molecule has 42 heavy (non-hydrogen) atoms. The Morgan fingerprint density at radius 3 is 2.05 bits per heavy atom. The zero-order valence-electron chi connectivity index (χ0n) is 23.6. The summed E-state index contributed by atoms with van der Waals surface area (Å²) >= 11 is 0. The van der Waals surface area contributed by atoms with E-state index >= 15 is 0 Å². The average Bonchev–Trinajstić information content (AvgIpc) is 3.75. The third kappa shape index (κ3) is 4.71. The van der Waals surface area contributed by atoms with Gasteiger partial charge in [-0.3, -0.25) is 14.5 Å². The maximum absolute atomic E-state index is 14.6. The molecule has 1 atom stereocenters. The normalized spacial score (nSPS) is 15.7. The molecule has 5 heteroatoms. The molecule has 1 aliphatic carbocycles. The highest BCUT2D eigenvalue weighted by Gasteiger charge is 2.42. The van der Waals surface area contributed by atoms with E-state index in [1.807, 2.05) is 101 Å². The first-order chi connectivity index (χ1) is 20.6. The fourth-order valence-electron chi connectivity index (χ4n) is 6.35. The average molecular weight is 552 g/mol. The summed E-state index contributed by atoms with van der Waals surface area (Å²) in [6.07, 6.45) is 3.88. The predicted octanol–water partition coefficient (Wildman–Crippen LogP) is 7.04. The van der Waals surface area contributed by atoms with Crippen LogP contribution in [0.4, 0.5) is 5.69 Å². The van der Waals surface area contributed by atoms with Crippen molar-refractivity contribution in [3.63, 3.8) is 0 Å². The van der Waals surface area contributed by atoms with Gasteiger partial charge in [0.15, 0.2) is 0 Å². The molecule has 7 rings (SSSR count). The van der Waals surface area contributed by atoms with Crippen LogP contribution in [0.5, 0.6) is 0 Å². The van der Waals surface area contributed by atoms with E-state index in [2.05, 4.69) is 48.0 Å². The molecule has 1 aromatic heterocycles. The number of carbonyl (C=O) groups excluding carboxylic acids is 2. The highest BCUT2D eigenvalue weighted by molar-refractivity contribution is 6.01. The molecule has 2 aliphatic rings. The van der Waals surface area contributed by atoms with Crippen LogP contribution in [0, 0.1) is 6.92 Å². The molecular formula is C37H33N3O2. The first-order valence-electron chi connectivity index (χ1n) is 14.7. The predicted molar refractivity (Wildman–Crippen MR) is 166 cm³/mol. The van der Waals surface area contributed by atoms with E-state index in [0.717, 1.165) is 52.2 Å². The van der Waals surface area contributed by atoms with Crippen LogP contribution in [0.2, 0.25) is 0 Å². The van der Waals surface area contributed by atoms with E-state index in [-0.39, 0.29) is 30.4 Å². The largest absolute Gasteiger partial charge is 0.330 e. The number of nitrogens with zero attached hydrogens (tertiary/aromatic N) is 3. The van der Waals surface area contributed by atoms with Crippen molar-refractivity contribution in [2.24, 2.45) is 0 Å². The van der Waals surface area contributed by atoms with Crippen LogP contribution in [0.25, 0.3) is 5.69 Å². The van der Waals surface area contributed by atoms with Gasteiger partial charge in [-0.05, 0) is 60.7 Å². The molecule has 1 aliphatic heterocycles. The molecule has 1 unspecified atom stereocenters. The number of aromatic nitrogens is 1. The number of para-hydroxylation sites is 2. The smallest absolute Gasteiger partial charge is 0.247 e. The lowest BCUT2D eigenvalue weighted by Crippen LogP contribution is -2.48. The van der Waals surface area contributed by atoms with Crippen LogP contribution in [0.3, 0.4) is 0 Å². The van der Waals surface area contributed by atoms with Gasteiger partial charge in [-0.1, -0.05) is 103 Å². The van der Waals surface area contributed by atoms with Gasteiger partial charge in [-0.25, -0.2) is 0 Å². The summed E-state index contributed by atoms with van der Waals surface area (Å²) in [6.45, 7) is 2.10. The SMILES string of the molecule is Cc1cccc(C2c3cccn3-c3ccccc3N2C(=O)CN(C(=O)C(c2ccccc2)c2ccccc2)C2CC2)c1. The summed E-state index contributed by atoms with van der Waals surface area (Å²) in [5.41, 5.74) is 6.90. The minimum Gasteiger partial charge on any atom is -0.330 e. The summed E-state index contributed by atoms with van der Waals surface area (Å²) in [4.78, 5) is 32.9. The number of hydrogen-bond donors (Lipinski definition) is 0. The van der Waals surface area contributed by atoms with Crippen molar-refractivity contribution >= 4 is 17.5 Å². The third-order valence-electron chi connectivity index (χ3n) is 8.44. The molecule has 5 nitrogen and oxygen atoms in total. The highest BCUT2D eigenvalue weighted by atomic mass is 16.2.